The highest BCUT2D eigenvalue weighted by Crippen LogP contribution is 2.34. The molecule has 0 aliphatic carbocycles. The number of aromatic nitrogens is 3. The lowest BCUT2D eigenvalue weighted by Gasteiger charge is -2.33. The molecule has 160 valence electrons. The van der Waals surface area contributed by atoms with Gasteiger partial charge in [-0.2, -0.15) is 0 Å². The summed E-state index contributed by atoms with van der Waals surface area (Å²) < 4.78 is 10.7. The van der Waals surface area contributed by atoms with Gasteiger partial charge >= 0.3 is 0 Å². The number of amides is 1. The van der Waals surface area contributed by atoms with E-state index in [1.54, 1.807) is 44.8 Å². The molecule has 3 heterocycles. The van der Waals surface area contributed by atoms with Crippen molar-refractivity contribution in [1.82, 2.24) is 19.9 Å². The topological polar surface area (TPSA) is 77.4 Å². The van der Waals surface area contributed by atoms with Gasteiger partial charge in [0.25, 0.3) is 5.91 Å². The molecule has 1 atom stereocenters. The van der Waals surface area contributed by atoms with E-state index in [-0.39, 0.29) is 11.8 Å². The molecule has 3 aromatic rings. The lowest BCUT2D eigenvalue weighted by Crippen LogP contribution is -2.39. The fourth-order valence-electron chi connectivity index (χ4n) is 4.05. The molecule has 1 aromatic carbocycles. The van der Waals surface area contributed by atoms with Gasteiger partial charge in [-0.3, -0.25) is 9.78 Å². The van der Waals surface area contributed by atoms with Crippen LogP contribution in [-0.2, 0) is 0 Å². The van der Waals surface area contributed by atoms with Crippen LogP contribution in [-0.4, -0.2) is 53.1 Å². The van der Waals surface area contributed by atoms with Crippen LogP contribution in [0.25, 0.3) is 11.1 Å². The molecule has 0 bridgehead atoms. The summed E-state index contributed by atoms with van der Waals surface area (Å²) in [5.74, 6) is 2.03. The number of nitrogens with zero attached hydrogens (tertiary/aromatic N) is 4. The average Bonchev–Trinajstić information content (AvgIpc) is 2.83. The molecule has 0 N–H and O–H groups in total. The quantitative estimate of drug-likeness (QED) is 0.626. The van der Waals surface area contributed by atoms with E-state index < -0.39 is 0 Å². The molecule has 2 aromatic heterocycles. The fourth-order valence-corrected chi connectivity index (χ4v) is 4.05. The van der Waals surface area contributed by atoms with Crippen LogP contribution in [0.15, 0.2) is 48.9 Å². The average molecular weight is 418 g/mol. The van der Waals surface area contributed by atoms with Crippen LogP contribution in [0.1, 0.15) is 40.6 Å². The van der Waals surface area contributed by atoms with Crippen molar-refractivity contribution >= 4 is 5.91 Å². The zero-order chi connectivity index (χ0) is 21.8. The third-order valence-corrected chi connectivity index (χ3v) is 5.62. The van der Waals surface area contributed by atoms with E-state index in [2.05, 4.69) is 9.97 Å². The predicted molar refractivity (Wildman–Crippen MR) is 117 cm³/mol. The van der Waals surface area contributed by atoms with Gasteiger partial charge in [-0.15, -0.1) is 0 Å². The first-order valence-electron chi connectivity index (χ1n) is 10.4. The summed E-state index contributed by atoms with van der Waals surface area (Å²) in [4.78, 5) is 28.5. The Balaban J connectivity index is 1.63. The first-order valence-corrected chi connectivity index (χ1v) is 10.4. The molecule has 0 radical (unpaired) electrons. The molecule has 1 amide bonds. The van der Waals surface area contributed by atoms with Crippen molar-refractivity contribution in [3.05, 3.63) is 66.0 Å². The zero-order valence-electron chi connectivity index (χ0n) is 18.0. The van der Waals surface area contributed by atoms with Crippen molar-refractivity contribution in [3.8, 4) is 22.6 Å². The number of ether oxygens (including phenoxy) is 2. The van der Waals surface area contributed by atoms with E-state index in [9.17, 15) is 4.79 Å². The Morgan fingerprint density at radius 3 is 2.48 bits per heavy atom. The molecular formula is C24H26N4O3. The number of carbonyl (C=O) groups is 1. The SMILES string of the molecule is COc1cc(OC)cc(C(=O)N2CCC[C@@H](c3nc(C)ncc3-c3ccncc3)C2)c1. The van der Waals surface area contributed by atoms with Crippen LogP contribution in [0.3, 0.4) is 0 Å². The Kier molecular flexibility index (Phi) is 6.11. The number of piperidine rings is 1. The van der Waals surface area contributed by atoms with Crippen LogP contribution < -0.4 is 9.47 Å². The second kappa shape index (κ2) is 9.12. The Labute approximate surface area is 182 Å². The molecular weight excluding hydrogens is 392 g/mol. The fraction of sp³-hybridized carbons (Fsp3) is 0.333. The molecule has 1 aliphatic rings. The largest absolute Gasteiger partial charge is 0.497 e. The van der Waals surface area contributed by atoms with Gasteiger partial charge in [0.2, 0.25) is 0 Å². The summed E-state index contributed by atoms with van der Waals surface area (Å²) in [6.45, 7) is 3.21. The highest BCUT2D eigenvalue weighted by Gasteiger charge is 2.29. The van der Waals surface area contributed by atoms with E-state index in [0.717, 1.165) is 35.5 Å². The van der Waals surface area contributed by atoms with Gasteiger partial charge in [-0.05, 0) is 49.6 Å². The number of carbonyl (C=O) groups excluding carboxylic acids is 1. The van der Waals surface area contributed by atoms with Crippen molar-refractivity contribution in [1.29, 1.82) is 0 Å². The maximum absolute atomic E-state index is 13.3. The Morgan fingerprint density at radius 2 is 1.81 bits per heavy atom. The summed E-state index contributed by atoms with van der Waals surface area (Å²) >= 11 is 0. The summed E-state index contributed by atoms with van der Waals surface area (Å²) in [6, 6.07) is 9.20. The highest BCUT2D eigenvalue weighted by molar-refractivity contribution is 5.95. The molecule has 0 spiro atoms. The van der Waals surface area contributed by atoms with Gasteiger partial charge < -0.3 is 14.4 Å². The standard InChI is InChI=1S/C24H26N4O3/c1-16-26-14-22(17-6-8-25-9-7-17)23(27-16)18-5-4-10-28(15-18)24(29)19-11-20(30-2)13-21(12-19)31-3/h6-9,11-14,18H,4-5,10,15H2,1-3H3/t18-/m1/s1. The van der Waals surface area contributed by atoms with Crippen LogP contribution in [0.2, 0.25) is 0 Å². The lowest BCUT2D eigenvalue weighted by molar-refractivity contribution is 0.0705. The zero-order valence-corrected chi connectivity index (χ0v) is 18.0. The van der Waals surface area contributed by atoms with Gasteiger partial charge in [0.1, 0.15) is 17.3 Å². The Hall–Kier alpha value is -3.48. The van der Waals surface area contributed by atoms with E-state index in [4.69, 9.17) is 14.5 Å². The van der Waals surface area contributed by atoms with Crippen molar-refractivity contribution in [2.45, 2.75) is 25.7 Å². The van der Waals surface area contributed by atoms with Crippen molar-refractivity contribution < 1.29 is 14.3 Å². The van der Waals surface area contributed by atoms with Crippen LogP contribution in [0.4, 0.5) is 0 Å². The first-order chi connectivity index (χ1) is 15.1. The molecule has 1 saturated heterocycles. The minimum absolute atomic E-state index is 0.0295. The van der Waals surface area contributed by atoms with Crippen LogP contribution in [0.5, 0.6) is 11.5 Å². The van der Waals surface area contributed by atoms with Crippen molar-refractivity contribution in [3.63, 3.8) is 0 Å². The maximum Gasteiger partial charge on any atom is 0.254 e. The minimum atomic E-state index is -0.0295. The highest BCUT2D eigenvalue weighted by atomic mass is 16.5. The van der Waals surface area contributed by atoms with Crippen LogP contribution >= 0.6 is 0 Å². The number of benzene rings is 1. The van der Waals surface area contributed by atoms with Gasteiger partial charge in [0, 0.05) is 54.8 Å². The smallest absolute Gasteiger partial charge is 0.254 e. The van der Waals surface area contributed by atoms with Gasteiger partial charge in [0.05, 0.1) is 19.9 Å². The maximum atomic E-state index is 13.3. The monoisotopic (exact) mass is 418 g/mol. The van der Waals surface area contributed by atoms with Gasteiger partial charge in [-0.25, -0.2) is 9.97 Å². The number of pyridine rings is 1. The molecule has 7 nitrogen and oxygen atoms in total. The number of likely N-dealkylation sites (tertiary alicyclic amines) is 1. The first kappa shape index (κ1) is 20.8. The summed E-state index contributed by atoms with van der Waals surface area (Å²) in [7, 11) is 3.16. The number of hydrogen-bond donors (Lipinski definition) is 0. The second-order valence-electron chi connectivity index (χ2n) is 7.64. The number of methoxy groups -OCH3 is 2. The molecule has 7 heteroatoms. The Morgan fingerprint density at radius 1 is 1.10 bits per heavy atom. The minimum Gasteiger partial charge on any atom is -0.497 e. The van der Waals surface area contributed by atoms with Crippen LogP contribution in [0, 0.1) is 6.92 Å². The summed E-state index contributed by atoms with van der Waals surface area (Å²) in [5.41, 5.74) is 3.57. The molecule has 0 saturated carbocycles. The third kappa shape index (κ3) is 4.50. The van der Waals surface area contributed by atoms with Gasteiger partial charge in [-0.1, -0.05) is 0 Å². The predicted octanol–water partition coefficient (Wildman–Crippen LogP) is 3.88. The molecule has 1 fully saturated rings. The summed E-state index contributed by atoms with van der Waals surface area (Å²) in [5, 5.41) is 0. The van der Waals surface area contributed by atoms with E-state index in [0.29, 0.717) is 30.2 Å². The third-order valence-electron chi connectivity index (χ3n) is 5.62. The van der Waals surface area contributed by atoms with Gasteiger partial charge in [0.15, 0.2) is 0 Å². The normalized spacial score (nSPS) is 16.1. The molecule has 1 aliphatic heterocycles. The molecule has 4 rings (SSSR count). The number of hydrogen-bond acceptors (Lipinski definition) is 6. The molecule has 0 unspecified atom stereocenters. The Bertz CT molecular complexity index is 1050. The van der Waals surface area contributed by atoms with Crippen molar-refractivity contribution in [2.24, 2.45) is 0 Å². The van der Waals surface area contributed by atoms with E-state index in [1.165, 1.54) is 0 Å². The second-order valence-corrected chi connectivity index (χ2v) is 7.64. The van der Waals surface area contributed by atoms with E-state index in [1.807, 2.05) is 30.2 Å². The summed E-state index contributed by atoms with van der Waals surface area (Å²) in [6.07, 6.45) is 7.30. The van der Waals surface area contributed by atoms with Crippen molar-refractivity contribution in [2.75, 3.05) is 27.3 Å². The molecule has 31 heavy (non-hydrogen) atoms. The van der Waals surface area contributed by atoms with E-state index >= 15 is 0 Å². The number of rotatable bonds is 5. The number of aryl methyl sites for hydroxylation is 1. The lowest BCUT2D eigenvalue weighted by atomic mass is 9.89.